The van der Waals surface area contributed by atoms with Gasteiger partial charge in [-0.1, -0.05) is 0 Å². The molecule has 16 heavy (non-hydrogen) atoms. The molecule has 88 valence electrons. The SMILES string of the molecule is Cc1ccnc(NCC2CCC(O)C2)c1N. The number of nitrogens with one attached hydrogen (secondary N) is 1. The third-order valence-electron chi connectivity index (χ3n) is 3.28. The summed E-state index contributed by atoms with van der Waals surface area (Å²) in [5.74, 6) is 1.30. The Labute approximate surface area is 95.9 Å². The zero-order chi connectivity index (χ0) is 11.5. The van der Waals surface area contributed by atoms with Crippen molar-refractivity contribution in [1.82, 2.24) is 4.98 Å². The minimum absolute atomic E-state index is 0.116. The standard InChI is InChI=1S/C12H19N3O/c1-8-4-5-14-12(11(8)13)15-7-9-2-3-10(16)6-9/h4-5,9-10,16H,2-3,6-7,13H2,1H3,(H,14,15). The van der Waals surface area contributed by atoms with Crippen LogP contribution in [-0.4, -0.2) is 22.7 Å². The zero-order valence-electron chi connectivity index (χ0n) is 9.61. The molecule has 1 aliphatic rings. The van der Waals surface area contributed by atoms with Gasteiger partial charge in [-0.3, -0.25) is 0 Å². The first-order valence-corrected chi connectivity index (χ1v) is 5.80. The molecular formula is C12H19N3O. The number of aromatic nitrogens is 1. The Morgan fingerprint density at radius 3 is 3.06 bits per heavy atom. The van der Waals surface area contributed by atoms with Gasteiger partial charge in [-0.15, -0.1) is 0 Å². The summed E-state index contributed by atoms with van der Waals surface area (Å²) in [7, 11) is 0. The molecule has 0 aliphatic heterocycles. The number of nitrogens with two attached hydrogens (primary N) is 1. The summed E-state index contributed by atoms with van der Waals surface area (Å²) in [5.41, 5.74) is 7.69. The monoisotopic (exact) mass is 221 g/mol. The summed E-state index contributed by atoms with van der Waals surface area (Å²) in [6.45, 7) is 2.82. The average Bonchev–Trinajstić information content (AvgIpc) is 2.67. The minimum Gasteiger partial charge on any atom is -0.396 e. The summed E-state index contributed by atoms with van der Waals surface area (Å²) in [6.07, 6.45) is 4.54. The molecule has 4 N–H and O–H groups in total. The Bertz CT molecular complexity index is 367. The minimum atomic E-state index is -0.116. The fourth-order valence-electron chi connectivity index (χ4n) is 2.19. The molecule has 4 heteroatoms. The largest absolute Gasteiger partial charge is 0.396 e. The third kappa shape index (κ3) is 2.44. The van der Waals surface area contributed by atoms with Gasteiger partial charge in [0.15, 0.2) is 0 Å². The third-order valence-corrected chi connectivity index (χ3v) is 3.28. The van der Waals surface area contributed by atoms with Crippen LogP contribution in [0.15, 0.2) is 12.3 Å². The summed E-state index contributed by atoms with van der Waals surface area (Å²) in [5, 5.41) is 12.7. The lowest BCUT2D eigenvalue weighted by molar-refractivity contribution is 0.178. The number of aryl methyl sites for hydroxylation is 1. The quantitative estimate of drug-likeness (QED) is 0.724. The van der Waals surface area contributed by atoms with E-state index in [9.17, 15) is 5.11 Å². The zero-order valence-corrected chi connectivity index (χ0v) is 9.61. The van der Waals surface area contributed by atoms with Gasteiger partial charge >= 0.3 is 0 Å². The van der Waals surface area contributed by atoms with Gasteiger partial charge in [0.2, 0.25) is 0 Å². The smallest absolute Gasteiger partial charge is 0.149 e. The lowest BCUT2D eigenvalue weighted by Gasteiger charge is -2.13. The van der Waals surface area contributed by atoms with Crippen molar-refractivity contribution >= 4 is 11.5 Å². The number of hydrogen-bond acceptors (Lipinski definition) is 4. The van der Waals surface area contributed by atoms with Crippen LogP contribution in [0.25, 0.3) is 0 Å². The van der Waals surface area contributed by atoms with Crippen molar-refractivity contribution in [2.75, 3.05) is 17.6 Å². The number of aliphatic hydroxyl groups is 1. The van der Waals surface area contributed by atoms with Crippen LogP contribution < -0.4 is 11.1 Å². The van der Waals surface area contributed by atoms with Crippen LogP contribution in [0, 0.1) is 12.8 Å². The molecule has 4 nitrogen and oxygen atoms in total. The van der Waals surface area contributed by atoms with Gasteiger partial charge in [-0.25, -0.2) is 4.98 Å². The number of nitrogen functional groups attached to an aromatic ring is 1. The van der Waals surface area contributed by atoms with E-state index in [4.69, 9.17) is 5.73 Å². The van der Waals surface area contributed by atoms with E-state index in [1.54, 1.807) is 6.20 Å². The fraction of sp³-hybridized carbons (Fsp3) is 0.583. The summed E-state index contributed by atoms with van der Waals surface area (Å²) < 4.78 is 0. The van der Waals surface area contributed by atoms with Crippen molar-refractivity contribution in [3.8, 4) is 0 Å². The molecule has 0 aromatic carbocycles. The van der Waals surface area contributed by atoms with Crippen LogP contribution in [-0.2, 0) is 0 Å². The van der Waals surface area contributed by atoms with E-state index in [0.717, 1.165) is 42.9 Å². The van der Waals surface area contributed by atoms with Crippen LogP contribution in [0.4, 0.5) is 11.5 Å². The first-order valence-electron chi connectivity index (χ1n) is 5.80. The van der Waals surface area contributed by atoms with Crippen molar-refractivity contribution in [2.45, 2.75) is 32.3 Å². The van der Waals surface area contributed by atoms with Crippen molar-refractivity contribution in [3.05, 3.63) is 17.8 Å². The molecule has 1 aliphatic carbocycles. The second-order valence-electron chi connectivity index (χ2n) is 4.60. The highest BCUT2D eigenvalue weighted by Crippen LogP contribution is 2.26. The predicted molar refractivity (Wildman–Crippen MR) is 65.2 cm³/mol. The number of rotatable bonds is 3. The van der Waals surface area contributed by atoms with Gasteiger partial charge in [-0.2, -0.15) is 0 Å². The lowest BCUT2D eigenvalue weighted by Crippen LogP contribution is -2.14. The molecule has 2 rings (SSSR count). The van der Waals surface area contributed by atoms with E-state index in [0.29, 0.717) is 5.92 Å². The van der Waals surface area contributed by atoms with Gasteiger partial charge in [0, 0.05) is 12.7 Å². The fourth-order valence-corrected chi connectivity index (χ4v) is 2.19. The topological polar surface area (TPSA) is 71.2 Å². The molecule has 0 radical (unpaired) electrons. The summed E-state index contributed by atoms with van der Waals surface area (Å²) in [4.78, 5) is 4.22. The molecule has 0 spiro atoms. The van der Waals surface area contributed by atoms with E-state index in [2.05, 4.69) is 10.3 Å². The van der Waals surface area contributed by atoms with Gasteiger partial charge in [-0.05, 0) is 43.7 Å². The van der Waals surface area contributed by atoms with Crippen LogP contribution in [0.1, 0.15) is 24.8 Å². The molecule has 2 atom stereocenters. The Morgan fingerprint density at radius 1 is 1.56 bits per heavy atom. The van der Waals surface area contributed by atoms with Gasteiger partial charge in [0.05, 0.1) is 11.8 Å². The van der Waals surface area contributed by atoms with E-state index in [1.807, 2.05) is 13.0 Å². The second-order valence-corrected chi connectivity index (χ2v) is 4.60. The molecular weight excluding hydrogens is 202 g/mol. The van der Waals surface area contributed by atoms with E-state index in [1.165, 1.54) is 0 Å². The van der Waals surface area contributed by atoms with Crippen LogP contribution >= 0.6 is 0 Å². The Hall–Kier alpha value is -1.29. The molecule has 1 aromatic rings. The van der Waals surface area contributed by atoms with E-state index in [-0.39, 0.29) is 6.10 Å². The Morgan fingerprint density at radius 2 is 2.38 bits per heavy atom. The number of aliphatic hydroxyl groups excluding tert-OH is 1. The maximum atomic E-state index is 9.43. The van der Waals surface area contributed by atoms with Crippen molar-refractivity contribution in [1.29, 1.82) is 0 Å². The van der Waals surface area contributed by atoms with Gasteiger partial charge < -0.3 is 16.2 Å². The van der Waals surface area contributed by atoms with Crippen molar-refractivity contribution in [2.24, 2.45) is 5.92 Å². The van der Waals surface area contributed by atoms with Crippen LogP contribution in [0.3, 0.4) is 0 Å². The Kier molecular flexibility index (Phi) is 3.29. The van der Waals surface area contributed by atoms with Crippen LogP contribution in [0.2, 0.25) is 0 Å². The molecule has 1 aromatic heterocycles. The number of hydrogen-bond donors (Lipinski definition) is 3. The van der Waals surface area contributed by atoms with Crippen LogP contribution in [0.5, 0.6) is 0 Å². The first kappa shape index (κ1) is 11.2. The highest BCUT2D eigenvalue weighted by Gasteiger charge is 2.22. The average molecular weight is 221 g/mol. The molecule has 0 bridgehead atoms. The van der Waals surface area contributed by atoms with E-state index < -0.39 is 0 Å². The normalized spacial score (nSPS) is 24.6. The number of nitrogens with zero attached hydrogens (tertiary/aromatic N) is 1. The van der Waals surface area contributed by atoms with Crippen molar-refractivity contribution in [3.63, 3.8) is 0 Å². The number of pyridine rings is 1. The molecule has 1 saturated carbocycles. The Balaban J connectivity index is 1.92. The molecule has 0 saturated heterocycles. The molecule has 0 amide bonds. The summed E-state index contributed by atoms with van der Waals surface area (Å²) in [6, 6.07) is 1.90. The first-order chi connectivity index (χ1) is 7.66. The highest BCUT2D eigenvalue weighted by molar-refractivity contribution is 5.64. The lowest BCUT2D eigenvalue weighted by atomic mass is 10.1. The maximum absolute atomic E-state index is 9.43. The van der Waals surface area contributed by atoms with E-state index >= 15 is 0 Å². The van der Waals surface area contributed by atoms with Gasteiger partial charge in [0.1, 0.15) is 5.82 Å². The molecule has 2 unspecified atom stereocenters. The highest BCUT2D eigenvalue weighted by atomic mass is 16.3. The second kappa shape index (κ2) is 4.70. The van der Waals surface area contributed by atoms with Gasteiger partial charge in [0.25, 0.3) is 0 Å². The summed E-state index contributed by atoms with van der Waals surface area (Å²) >= 11 is 0. The van der Waals surface area contributed by atoms with Crippen molar-refractivity contribution < 1.29 is 5.11 Å². The predicted octanol–water partition coefficient (Wildman–Crippen LogP) is 1.55. The number of anilines is 2. The maximum Gasteiger partial charge on any atom is 0.149 e. The molecule has 1 heterocycles. The molecule has 1 fully saturated rings.